The summed E-state index contributed by atoms with van der Waals surface area (Å²) in [5.74, 6) is -0.418. The first-order valence-electron chi connectivity index (χ1n) is 6.63. The fourth-order valence-corrected chi connectivity index (χ4v) is 2.06. The number of carbonyl (C=O) groups is 1. The molecule has 0 heterocycles. The van der Waals surface area contributed by atoms with E-state index in [0.717, 1.165) is 22.3 Å². The summed E-state index contributed by atoms with van der Waals surface area (Å²) >= 11 is 0. The topological polar surface area (TPSA) is 69.4 Å². The van der Waals surface area contributed by atoms with Crippen molar-refractivity contribution < 1.29 is 14.5 Å². The lowest BCUT2D eigenvalue weighted by Gasteiger charge is -2.06. The van der Waals surface area contributed by atoms with Gasteiger partial charge >= 0.3 is 5.97 Å². The summed E-state index contributed by atoms with van der Waals surface area (Å²) in [7, 11) is 1.33. The van der Waals surface area contributed by atoms with Crippen molar-refractivity contribution in [1.82, 2.24) is 0 Å². The number of ether oxygens (including phenoxy) is 1. The lowest BCUT2D eigenvalue weighted by atomic mass is 9.99. The number of nitrogens with zero attached hydrogens (tertiary/aromatic N) is 1. The van der Waals surface area contributed by atoms with E-state index in [1.54, 1.807) is 6.07 Å². The Morgan fingerprint density at radius 1 is 1.14 bits per heavy atom. The highest BCUT2D eigenvalue weighted by atomic mass is 16.6. The monoisotopic (exact) mass is 297 g/mol. The average molecular weight is 297 g/mol. The molecule has 2 aromatic rings. The molecule has 0 saturated carbocycles. The minimum absolute atomic E-state index is 0.0460. The second kappa shape index (κ2) is 6.67. The Morgan fingerprint density at radius 2 is 1.77 bits per heavy atom. The minimum atomic E-state index is -0.421. The summed E-state index contributed by atoms with van der Waals surface area (Å²) in [6, 6.07) is 13.9. The second-order valence-corrected chi connectivity index (χ2v) is 4.74. The summed E-state index contributed by atoms with van der Waals surface area (Å²) in [5, 5.41) is 10.9. The number of carbonyl (C=O) groups excluding carboxylic acids is 1. The van der Waals surface area contributed by atoms with Crippen LogP contribution in [0, 0.1) is 10.1 Å². The average Bonchev–Trinajstić information content (AvgIpc) is 2.54. The molecular weight excluding hydrogens is 282 g/mol. The molecule has 0 radical (unpaired) electrons. The Labute approximate surface area is 128 Å². The first-order chi connectivity index (χ1) is 10.5. The van der Waals surface area contributed by atoms with Crippen molar-refractivity contribution in [3.63, 3.8) is 0 Å². The third-order valence-electron chi connectivity index (χ3n) is 3.24. The molecule has 2 aromatic carbocycles. The van der Waals surface area contributed by atoms with Gasteiger partial charge in [0.2, 0.25) is 0 Å². The molecular formula is C17H15NO4. The smallest absolute Gasteiger partial charge is 0.330 e. The van der Waals surface area contributed by atoms with E-state index in [4.69, 9.17) is 0 Å². The Morgan fingerprint density at radius 3 is 2.41 bits per heavy atom. The molecule has 0 bridgehead atoms. The van der Waals surface area contributed by atoms with Gasteiger partial charge in [0.1, 0.15) is 0 Å². The molecule has 0 spiro atoms. The van der Waals surface area contributed by atoms with E-state index in [2.05, 4.69) is 4.74 Å². The van der Waals surface area contributed by atoms with Crippen molar-refractivity contribution in [3.05, 3.63) is 70.3 Å². The summed E-state index contributed by atoms with van der Waals surface area (Å²) in [4.78, 5) is 21.7. The van der Waals surface area contributed by atoms with Crippen LogP contribution in [0.3, 0.4) is 0 Å². The lowest BCUT2D eigenvalue weighted by molar-refractivity contribution is -0.384. The lowest BCUT2D eigenvalue weighted by Crippen LogP contribution is -1.95. The maximum absolute atomic E-state index is 11.3. The van der Waals surface area contributed by atoms with E-state index in [9.17, 15) is 14.9 Å². The third kappa shape index (κ3) is 3.58. The van der Waals surface area contributed by atoms with Gasteiger partial charge in [0.25, 0.3) is 5.69 Å². The van der Waals surface area contributed by atoms with Crippen LogP contribution in [0.1, 0.15) is 12.5 Å². The standard InChI is InChI=1S/C17H15NO4/c1-12(9-17(19)22-2)13-5-3-6-14(10-13)15-7-4-8-16(11-15)18(20)21/h3-11H,1-2H3/b12-9+. The molecule has 2 rings (SSSR count). The van der Waals surface area contributed by atoms with Crippen LogP contribution in [-0.2, 0) is 9.53 Å². The van der Waals surface area contributed by atoms with E-state index in [0.29, 0.717) is 0 Å². The molecule has 0 aliphatic carbocycles. The summed E-state index contributed by atoms with van der Waals surface area (Å²) < 4.78 is 4.61. The predicted molar refractivity (Wildman–Crippen MR) is 84.2 cm³/mol. The third-order valence-corrected chi connectivity index (χ3v) is 3.24. The van der Waals surface area contributed by atoms with Crippen molar-refractivity contribution in [1.29, 1.82) is 0 Å². The van der Waals surface area contributed by atoms with Crippen LogP contribution in [-0.4, -0.2) is 18.0 Å². The van der Waals surface area contributed by atoms with Gasteiger partial charge in [0.05, 0.1) is 12.0 Å². The Hall–Kier alpha value is -2.95. The maximum atomic E-state index is 11.3. The SMILES string of the molecule is COC(=O)/C=C(\C)c1cccc(-c2cccc([N+](=O)[O-])c2)c1. The fraction of sp³-hybridized carbons (Fsp3) is 0.118. The molecule has 22 heavy (non-hydrogen) atoms. The van der Waals surface area contributed by atoms with Crippen LogP contribution in [0.15, 0.2) is 54.6 Å². The zero-order valence-electron chi connectivity index (χ0n) is 12.3. The summed E-state index contributed by atoms with van der Waals surface area (Å²) in [5.41, 5.74) is 3.26. The zero-order valence-corrected chi connectivity index (χ0v) is 12.3. The van der Waals surface area contributed by atoms with Gasteiger partial charge in [-0.25, -0.2) is 4.79 Å². The Bertz CT molecular complexity index is 750. The summed E-state index contributed by atoms with van der Waals surface area (Å²) in [6.45, 7) is 1.81. The first kappa shape index (κ1) is 15.4. The van der Waals surface area contributed by atoms with Crippen molar-refractivity contribution in [2.24, 2.45) is 0 Å². The highest BCUT2D eigenvalue weighted by molar-refractivity contribution is 5.91. The van der Waals surface area contributed by atoms with Crippen molar-refractivity contribution >= 4 is 17.2 Å². The van der Waals surface area contributed by atoms with E-state index in [1.165, 1.54) is 25.3 Å². The second-order valence-electron chi connectivity index (χ2n) is 4.74. The van der Waals surface area contributed by atoms with Crippen molar-refractivity contribution in [3.8, 4) is 11.1 Å². The van der Waals surface area contributed by atoms with Gasteiger partial charge in [-0.15, -0.1) is 0 Å². The number of esters is 1. The Balaban J connectivity index is 2.40. The molecule has 5 heteroatoms. The minimum Gasteiger partial charge on any atom is -0.466 e. The fourth-order valence-electron chi connectivity index (χ4n) is 2.06. The van der Waals surface area contributed by atoms with Gasteiger partial charge in [0.15, 0.2) is 0 Å². The number of benzene rings is 2. The summed E-state index contributed by atoms with van der Waals surface area (Å²) in [6.07, 6.45) is 1.41. The molecule has 0 fully saturated rings. The molecule has 0 aliphatic heterocycles. The zero-order chi connectivity index (χ0) is 16.1. The molecule has 0 amide bonds. The number of hydrogen-bond donors (Lipinski definition) is 0. The van der Waals surface area contributed by atoms with E-state index >= 15 is 0 Å². The highest BCUT2D eigenvalue weighted by Gasteiger charge is 2.08. The van der Waals surface area contributed by atoms with Crippen LogP contribution < -0.4 is 0 Å². The molecule has 0 N–H and O–H groups in total. The van der Waals surface area contributed by atoms with Crippen LogP contribution in [0.4, 0.5) is 5.69 Å². The van der Waals surface area contributed by atoms with E-state index in [-0.39, 0.29) is 5.69 Å². The normalized spacial score (nSPS) is 11.1. The van der Waals surface area contributed by atoms with E-state index in [1.807, 2.05) is 37.3 Å². The first-order valence-corrected chi connectivity index (χ1v) is 6.63. The Kier molecular flexibility index (Phi) is 4.68. The maximum Gasteiger partial charge on any atom is 0.330 e. The molecule has 0 aliphatic rings. The van der Waals surface area contributed by atoms with Crippen LogP contribution in [0.25, 0.3) is 16.7 Å². The van der Waals surface area contributed by atoms with Crippen molar-refractivity contribution in [2.45, 2.75) is 6.92 Å². The number of methoxy groups -OCH3 is 1. The quantitative estimate of drug-likeness (QED) is 0.372. The van der Waals surface area contributed by atoms with Crippen LogP contribution in [0.2, 0.25) is 0 Å². The molecule has 5 nitrogen and oxygen atoms in total. The number of hydrogen-bond acceptors (Lipinski definition) is 4. The van der Waals surface area contributed by atoms with Gasteiger partial charge in [-0.2, -0.15) is 0 Å². The van der Waals surface area contributed by atoms with E-state index < -0.39 is 10.9 Å². The molecule has 112 valence electrons. The molecule has 0 atom stereocenters. The van der Waals surface area contributed by atoms with Gasteiger partial charge < -0.3 is 4.74 Å². The van der Waals surface area contributed by atoms with Gasteiger partial charge in [-0.05, 0) is 35.3 Å². The molecule has 0 aromatic heterocycles. The van der Waals surface area contributed by atoms with Crippen LogP contribution in [0.5, 0.6) is 0 Å². The number of nitro benzene ring substituents is 1. The number of rotatable bonds is 4. The van der Waals surface area contributed by atoms with Gasteiger partial charge in [-0.1, -0.05) is 30.3 Å². The van der Waals surface area contributed by atoms with Crippen molar-refractivity contribution in [2.75, 3.05) is 7.11 Å². The number of allylic oxidation sites excluding steroid dienone is 1. The van der Waals surface area contributed by atoms with Gasteiger partial charge in [-0.3, -0.25) is 10.1 Å². The molecule has 0 unspecified atom stereocenters. The number of nitro groups is 1. The largest absolute Gasteiger partial charge is 0.466 e. The highest BCUT2D eigenvalue weighted by Crippen LogP contribution is 2.26. The van der Waals surface area contributed by atoms with Gasteiger partial charge in [0, 0.05) is 18.2 Å². The number of non-ortho nitro benzene ring substituents is 1. The van der Waals surface area contributed by atoms with Crippen LogP contribution >= 0.6 is 0 Å². The predicted octanol–water partition coefficient (Wildman–Crippen LogP) is 3.84. The molecule has 0 saturated heterocycles.